The minimum atomic E-state index is 0.571. The third kappa shape index (κ3) is 1.99. The normalized spacial score (nSPS) is 21.3. The van der Waals surface area contributed by atoms with Gasteiger partial charge in [-0.2, -0.15) is 9.61 Å². The van der Waals surface area contributed by atoms with Gasteiger partial charge < -0.3 is 5.32 Å². The van der Waals surface area contributed by atoms with Crippen molar-refractivity contribution in [2.24, 2.45) is 5.92 Å². The molecular formula is C15H20N4. The van der Waals surface area contributed by atoms with Crippen molar-refractivity contribution in [3.63, 3.8) is 0 Å². The molecular weight excluding hydrogens is 236 g/mol. The second-order valence-corrected chi connectivity index (χ2v) is 6.07. The van der Waals surface area contributed by atoms with E-state index in [0.717, 1.165) is 17.4 Å². The van der Waals surface area contributed by atoms with E-state index in [1.807, 2.05) is 16.8 Å². The molecule has 4 nitrogen and oxygen atoms in total. The van der Waals surface area contributed by atoms with Gasteiger partial charge in [-0.3, -0.25) is 0 Å². The molecule has 0 saturated heterocycles. The van der Waals surface area contributed by atoms with Gasteiger partial charge in [-0.25, -0.2) is 4.98 Å². The maximum absolute atomic E-state index is 4.77. The Kier molecular flexibility index (Phi) is 2.50. The van der Waals surface area contributed by atoms with E-state index in [1.165, 1.54) is 37.8 Å². The Morgan fingerprint density at radius 1 is 1.32 bits per heavy atom. The number of rotatable bonds is 4. The van der Waals surface area contributed by atoms with Crippen LogP contribution < -0.4 is 5.32 Å². The zero-order valence-corrected chi connectivity index (χ0v) is 11.3. The molecule has 0 bridgehead atoms. The van der Waals surface area contributed by atoms with E-state index in [2.05, 4.69) is 23.4 Å². The zero-order chi connectivity index (χ0) is 12.8. The Morgan fingerprint density at radius 2 is 2.16 bits per heavy atom. The average Bonchev–Trinajstić information content (AvgIpc) is 3.10. The van der Waals surface area contributed by atoms with Crippen LogP contribution in [-0.4, -0.2) is 20.6 Å². The molecule has 4 rings (SSSR count). The number of aromatic nitrogens is 3. The first-order valence-electron chi connectivity index (χ1n) is 7.42. The molecule has 4 heteroatoms. The van der Waals surface area contributed by atoms with Gasteiger partial charge in [0.15, 0.2) is 5.65 Å². The van der Waals surface area contributed by atoms with Crippen molar-refractivity contribution in [1.29, 1.82) is 0 Å². The molecule has 0 radical (unpaired) electrons. The van der Waals surface area contributed by atoms with Crippen LogP contribution >= 0.6 is 0 Å². The molecule has 2 heterocycles. The van der Waals surface area contributed by atoms with Gasteiger partial charge in [-0.05, 0) is 38.0 Å². The van der Waals surface area contributed by atoms with Crippen LogP contribution in [0.5, 0.6) is 0 Å². The summed E-state index contributed by atoms with van der Waals surface area (Å²) in [7, 11) is 0. The molecule has 0 aliphatic heterocycles. The highest BCUT2D eigenvalue weighted by Crippen LogP contribution is 2.42. The maximum Gasteiger partial charge on any atom is 0.157 e. The lowest BCUT2D eigenvalue weighted by Gasteiger charge is -2.28. The highest BCUT2D eigenvalue weighted by atomic mass is 15.3. The van der Waals surface area contributed by atoms with Gasteiger partial charge in [0.25, 0.3) is 0 Å². The van der Waals surface area contributed by atoms with Gasteiger partial charge in [-0.15, -0.1) is 0 Å². The standard InChI is InChI=1S/C15H20N4/c1-10(11-5-6-11)13-9-15(17-12-3-2-4-12)19-14(18-13)7-8-16-19/h7-12,17H,2-6H2,1H3. The molecule has 2 aliphatic rings. The molecule has 19 heavy (non-hydrogen) atoms. The summed E-state index contributed by atoms with van der Waals surface area (Å²) < 4.78 is 1.93. The molecule has 1 atom stereocenters. The topological polar surface area (TPSA) is 42.2 Å². The number of nitrogens with one attached hydrogen (secondary N) is 1. The SMILES string of the molecule is CC(c1cc(NC2CCC2)n2nccc2n1)C1CC1. The van der Waals surface area contributed by atoms with Gasteiger partial charge >= 0.3 is 0 Å². The van der Waals surface area contributed by atoms with Crippen LogP contribution in [0.2, 0.25) is 0 Å². The first-order chi connectivity index (χ1) is 9.31. The van der Waals surface area contributed by atoms with E-state index in [0.29, 0.717) is 12.0 Å². The Balaban J connectivity index is 1.72. The predicted octanol–water partition coefficient (Wildman–Crippen LogP) is 3.21. The van der Waals surface area contributed by atoms with Gasteiger partial charge in [0.1, 0.15) is 5.82 Å². The number of fused-ring (bicyclic) bond motifs is 1. The number of nitrogens with zero attached hydrogens (tertiary/aromatic N) is 3. The number of hydrogen-bond acceptors (Lipinski definition) is 3. The average molecular weight is 256 g/mol. The van der Waals surface area contributed by atoms with Crippen LogP contribution in [0.4, 0.5) is 5.82 Å². The molecule has 0 spiro atoms. The first kappa shape index (κ1) is 11.3. The molecule has 2 aromatic rings. The zero-order valence-electron chi connectivity index (χ0n) is 11.3. The highest BCUT2D eigenvalue weighted by molar-refractivity contribution is 5.50. The molecule has 1 N–H and O–H groups in total. The molecule has 0 aromatic carbocycles. The van der Waals surface area contributed by atoms with Gasteiger partial charge in [-0.1, -0.05) is 6.92 Å². The summed E-state index contributed by atoms with van der Waals surface area (Å²) >= 11 is 0. The quantitative estimate of drug-likeness (QED) is 0.913. The van der Waals surface area contributed by atoms with Crippen molar-refractivity contribution < 1.29 is 0 Å². The highest BCUT2D eigenvalue weighted by Gasteiger charge is 2.30. The monoisotopic (exact) mass is 256 g/mol. The van der Waals surface area contributed by atoms with Crippen LogP contribution in [0.1, 0.15) is 50.6 Å². The third-order valence-corrected chi connectivity index (χ3v) is 4.63. The minimum absolute atomic E-state index is 0.571. The summed E-state index contributed by atoms with van der Waals surface area (Å²) in [5, 5.41) is 8.01. The van der Waals surface area contributed by atoms with Crippen molar-refractivity contribution >= 4 is 11.5 Å². The molecule has 0 amide bonds. The Bertz CT molecular complexity index is 595. The largest absolute Gasteiger partial charge is 0.367 e. The van der Waals surface area contributed by atoms with E-state index in [9.17, 15) is 0 Å². The summed E-state index contributed by atoms with van der Waals surface area (Å²) in [6.07, 6.45) is 8.45. The minimum Gasteiger partial charge on any atom is -0.367 e. The van der Waals surface area contributed by atoms with Crippen molar-refractivity contribution in [3.05, 3.63) is 24.0 Å². The molecule has 100 valence electrons. The number of hydrogen-bond donors (Lipinski definition) is 1. The number of anilines is 1. The van der Waals surface area contributed by atoms with Crippen molar-refractivity contribution in [2.75, 3.05) is 5.32 Å². The van der Waals surface area contributed by atoms with Crippen molar-refractivity contribution in [1.82, 2.24) is 14.6 Å². The van der Waals surface area contributed by atoms with Crippen LogP contribution in [0.15, 0.2) is 18.3 Å². The lowest BCUT2D eigenvalue weighted by Crippen LogP contribution is -2.28. The van der Waals surface area contributed by atoms with E-state index < -0.39 is 0 Å². The van der Waals surface area contributed by atoms with Crippen molar-refractivity contribution in [2.45, 2.75) is 51.0 Å². The molecule has 2 fully saturated rings. The van der Waals surface area contributed by atoms with Crippen LogP contribution in [0.3, 0.4) is 0 Å². The van der Waals surface area contributed by atoms with Crippen LogP contribution in [0, 0.1) is 5.92 Å². The second-order valence-electron chi connectivity index (χ2n) is 6.07. The molecule has 2 aromatic heterocycles. The van der Waals surface area contributed by atoms with E-state index in [4.69, 9.17) is 4.98 Å². The predicted molar refractivity (Wildman–Crippen MR) is 75.4 cm³/mol. The second kappa shape index (κ2) is 4.22. The lowest BCUT2D eigenvalue weighted by atomic mass is 9.93. The van der Waals surface area contributed by atoms with Crippen LogP contribution in [-0.2, 0) is 0 Å². The summed E-state index contributed by atoms with van der Waals surface area (Å²) in [6.45, 7) is 2.31. The molecule has 2 saturated carbocycles. The van der Waals surface area contributed by atoms with Gasteiger partial charge in [0.2, 0.25) is 0 Å². The molecule has 1 unspecified atom stereocenters. The fourth-order valence-electron chi connectivity index (χ4n) is 2.87. The third-order valence-electron chi connectivity index (χ3n) is 4.63. The summed E-state index contributed by atoms with van der Waals surface area (Å²) in [4.78, 5) is 4.77. The lowest BCUT2D eigenvalue weighted by molar-refractivity contribution is 0.443. The Morgan fingerprint density at radius 3 is 2.84 bits per heavy atom. The van der Waals surface area contributed by atoms with E-state index in [1.54, 1.807) is 0 Å². The fourth-order valence-corrected chi connectivity index (χ4v) is 2.87. The summed E-state index contributed by atoms with van der Waals surface area (Å²) in [6, 6.07) is 4.83. The maximum atomic E-state index is 4.77. The van der Waals surface area contributed by atoms with E-state index in [-0.39, 0.29) is 0 Å². The van der Waals surface area contributed by atoms with Crippen LogP contribution in [0.25, 0.3) is 5.65 Å². The van der Waals surface area contributed by atoms with Gasteiger partial charge in [0.05, 0.1) is 6.20 Å². The Labute approximate surface area is 113 Å². The molecule has 2 aliphatic carbocycles. The Hall–Kier alpha value is -1.58. The smallest absolute Gasteiger partial charge is 0.157 e. The summed E-state index contributed by atoms with van der Waals surface area (Å²) in [5.74, 6) is 2.53. The van der Waals surface area contributed by atoms with E-state index >= 15 is 0 Å². The fraction of sp³-hybridized carbons (Fsp3) is 0.600. The summed E-state index contributed by atoms with van der Waals surface area (Å²) in [5.41, 5.74) is 2.18. The first-order valence-corrected chi connectivity index (χ1v) is 7.42. The van der Waals surface area contributed by atoms with Gasteiger partial charge in [0, 0.05) is 29.8 Å². The van der Waals surface area contributed by atoms with Crippen molar-refractivity contribution in [3.8, 4) is 0 Å².